The van der Waals surface area contributed by atoms with Crippen molar-refractivity contribution in [1.29, 1.82) is 0 Å². The molecule has 3 amide bonds. The molecule has 1 saturated heterocycles. The molecule has 1 N–H and O–H groups in total. The molecule has 0 saturated carbocycles. The number of rotatable bonds is 5. The second-order valence-electron chi connectivity index (χ2n) is 11.9. The molecule has 1 fully saturated rings. The van der Waals surface area contributed by atoms with Crippen LogP contribution in [0.25, 0.3) is 16.7 Å². The average Bonchev–Trinajstić information content (AvgIpc) is 3.37. The minimum Gasteiger partial charge on any atom is -0.338 e. The molecule has 0 aliphatic carbocycles. The van der Waals surface area contributed by atoms with Crippen molar-refractivity contribution in [3.8, 4) is 11.1 Å². The van der Waals surface area contributed by atoms with Gasteiger partial charge in [-0.2, -0.15) is 0 Å². The first kappa shape index (κ1) is 31.8. The van der Waals surface area contributed by atoms with Crippen LogP contribution in [0.15, 0.2) is 109 Å². The Labute approximate surface area is 273 Å². The summed E-state index contributed by atoms with van der Waals surface area (Å²) in [6.45, 7) is 2.24. The highest BCUT2D eigenvalue weighted by Crippen LogP contribution is 2.43. The summed E-state index contributed by atoms with van der Waals surface area (Å²) in [5.74, 6) is -4.53. The second kappa shape index (κ2) is 13.7. The van der Waals surface area contributed by atoms with Crippen LogP contribution >= 0.6 is 0 Å². The first-order valence-corrected chi connectivity index (χ1v) is 15.8. The van der Waals surface area contributed by atoms with E-state index in [9.17, 15) is 14.4 Å². The smallest absolute Gasteiger partial charge is 0.275 e. The predicted octanol–water partition coefficient (Wildman–Crippen LogP) is 6.84. The zero-order valence-corrected chi connectivity index (χ0v) is 26.2. The molecule has 2 aliphatic heterocycles. The lowest BCUT2D eigenvalue weighted by Crippen LogP contribution is -2.34. The van der Waals surface area contributed by atoms with Crippen molar-refractivity contribution in [1.82, 2.24) is 9.80 Å². The van der Waals surface area contributed by atoms with Crippen molar-refractivity contribution in [2.24, 2.45) is 0 Å². The summed E-state index contributed by atoms with van der Waals surface area (Å²) >= 11 is 0. The van der Waals surface area contributed by atoms with Gasteiger partial charge in [-0.05, 0) is 67.5 Å². The molecule has 4 aromatic carbocycles. The van der Waals surface area contributed by atoms with Crippen LogP contribution in [0.5, 0.6) is 0 Å². The van der Waals surface area contributed by atoms with E-state index < -0.39 is 24.2 Å². The van der Waals surface area contributed by atoms with E-state index in [1.165, 1.54) is 11.0 Å². The average molecular weight is 635 g/mol. The standard InChI is InChI=1S/C38H36F2N4O3/c1-42-21-9-22-43(25-24-42)35(45)26-33-32-14-7-8-15-34(32)44(23-20-38(33,39)40)37(47)28-16-18-29(19-17-28)41-36(46)31-13-6-5-12-30(31)27-10-3-2-4-11-27/h2-8,10-19,26H,9,20-25H2,1H3,(H,41,46). The first-order valence-electron chi connectivity index (χ1n) is 15.8. The second-order valence-corrected chi connectivity index (χ2v) is 11.9. The highest BCUT2D eigenvalue weighted by molar-refractivity contribution is 6.11. The number of anilines is 2. The van der Waals surface area contributed by atoms with Gasteiger partial charge in [0.05, 0.1) is 5.69 Å². The minimum absolute atomic E-state index is 0.157. The Morgan fingerprint density at radius 1 is 0.745 bits per heavy atom. The van der Waals surface area contributed by atoms with Gasteiger partial charge < -0.3 is 20.0 Å². The van der Waals surface area contributed by atoms with Gasteiger partial charge >= 0.3 is 0 Å². The number of hydrogen-bond donors (Lipinski definition) is 1. The van der Waals surface area contributed by atoms with Crippen LogP contribution in [-0.4, -0.2) is 73.2 Å². The number of likely N-dealkylation sites (N-methyl/N-ethyl adjacent to an activating group) is 1. The van der Waals surface area contributed by atoms with E-state index in [4.69, 9.17) is 0 Å². The van der Waals surface area contributed by atoms with E-state index in [1.807, 2.05) is 49.5 Å². The molecule has 9 heteroatoms. The van der Waals surface area contributed by atoms with E-state index >= 15 is 8.78 Å². The topological polar surface area (TPSA) is 73.0 Å². The lowest BCUT2D eigenvalue weighted by molar-refractivity contribution is -0.126. The Hall–Kier alpha value is -5.15. The maximum Gasteiger partial charge on any atom is 0.275 e. The van der Waals surface area contributed by atoms with Gasteiger partial charge in [-0.25, -0.2) is 8.78 Å². The maximum absolute atomic E-state index is 15.7. The Bertz CT molecular complexity index is 1810. The molecule has 240 valence electrons. The molecule has 2 heterocycles. The molecule has 4 aromatic rings. The molecule has 2 aliphatic rings. The number of hydrogen-bond acceptors (Lipinski definition) is 4. The molecule has 47 heavy (non-hydrogen) atoms. The van der Waals surface area contributed by atoms with E-state index in [2.05, 4.69) is 10.2 Å². The van der Waals surface area contributed by atoms with E-state index in [0.29, 0.717) is 36.6 Å². The SMILES string of the molecule is CN1CCCN(C(=O)C=C2c3ccccc3N(C(=O)c3ccc(NC(=O)c4ccccc4-c4ccccc4)cc3)CCC2(F)F)CC1. The third kappa shape index (κ3) is 7.00. The number of alkyl halides is 2. The number of carbonyl (C=O) groups excluding carboxylic acids is 3. The van der Waals surface area contributed by atoms with Crippen LogP contribution in [0.2, 0.25) is 0 Å². The summed E-state index contributed by atoms with van der Waals surface area (Å²) in [4.78, 5) is 45.4. The molecule has 0 unspecified atom stereocenters. The summed E-state index contributed by atoms with van der Waals surface area (Å²) in [6.07, 6.45) is 1.19. The molecule has 0 spiro atoms. The minimum atomic E-state index is -3.33. The highest BCUT2D eigenvalue weighted by Gasteiger charge is 2.41. The van der Waals surface area contributed by atoms with Crippen molar-refractivity contribution in [2.75, 3.05) is 50.0 Å². The van der Waals surface area contributed by atoms with Gasteiger partial charge in [-0.15, -0.1) is 0 Å². The van der Waals surface area contributed by atoms with Crippen LogP contribution in [0, 0.1) is 0 Å². The summed E-state index contributed by atoms with van der Waals surface area (Å²) in [7, 11) is 1.98. The Morgan fingerprint density at radius 3 is 2.19 bits per heavy atom. The first-order chi connectivity index (χ1) is 22.7. The summed E-state index contributed by atoms with van der Waals surface area (Å²) < 4.78 is 31.5. The number of para-hydroxylation sites is 1. The van der Waals surface area contributed by atoms with E-state index in [-0.39, 0.29) is 29.2 Å². The molecule has 0 radical (unpaired) electrons. The van der Waals surface area contributed by atoms with Crippen LogP contribution in [0.3, 0.4) is 0 Å². The third-order valence-electron chi connectivity index (χ3n) is 8.72. The van der Waals surface area contributed by atoms with Gasteiger partial charge in [-0.3, -0.25) is 14.4 Å². The van der Waals surface area contributed by atoms with Crippen LogP contribution in [0.1, 0.15) is 39.1 Å². The fourth-order valence-corrected chi connectivity index (χ4v) is 6.12. The molecule has 7 nitrogen and oxygen atoms in total. The Balaban J connectivity index is 1.23. The number of fused-ring (bicyclic) bond motifs is 1. The molecule has 0 atom stereocenters. The van der Waals surface area contributed by atoms with Crippen molar-refractivity contribution >= 4 is 34.7 Å². The van der Waals surface area contributed by atoms with E-state index in [0.717, 1.165) is 30.2 Å². The Kier molecular flexibility index (Phi) is 9.26. The van der Waals surface area contributed by atoms with Gasteiger partial charge in [0.25, 0.3) is 17.7 Å². The zero-order valence-electron chi connectivity index (χ0n) is 26.2. The van der Waals surface area contributed by atoms with Gasteiger partial charge in [0.2, 0.25) is 5.91 Å². The van der Waals surface area contributed by atoms with Gasteiger partial charge in [-0.1, -0.05) is 66.7 Å². The lowest BCUT2D eigenvalue weighted by atomic mass is 9.96. The molecule has 6 rings (SSSR count). The molecule has 0 aromatic heterocycles. The fraction of sp³-hybridized carbons (Fsp3) is 0.237. The number of amides is 3. The quantitative estimate of drug-likeness (QED) is 0.244. The van der Waals surface area contributed by atoms with Gasteiger partial charge in [0.1, 0.15) is 0 Å². The number of nitrogens with one attached hydrogen (secondary N) is 1. The summed E-state index contributed by atoms with van der Waals surface area (Å²) in [5.41, 5.74) is 3.08. The lowest BCUT2D eigenvalue weighted by Gasteiger charge is -2.23. The van der Waals surface area contributed by atoms with Crippen molar-refractivity contribution < 1.29 is 23.2 Å². The number of benzene rings is 4. The molecule has 0 bridgehead atoms. The van der Waals surface area contributed by atoms with Gasteiger partial charge in [0, 0.05) is 66.6 Å². The fourth-order valence-electron chi connectivity index (χ4n) is 6.12. The Morgan fingerprint density at radius 2 is 1.43 bits per heavy atom. The van der Waals surface area contributed by atoms with Crippen molar-refractivity contribution in [3.63, 3.8) is 0 Å². The maximum atomic E-state index is 15.7. The van der Waals surface area contributed by atoms with E-state index in [1.54, 1.807) is 59.5 Å². The van der Waals surface area contributed by atoms with Gasteiger partial charge in [0.15, 0.2) is 0 Å². The number of allylic oxidation sites excluding steroid dienone is 1. The number of carbonyl (C=O) groups is 3. The molecular weight excluding hydrogens is 598 g/mol. The van der Waals surface area contributed by atoms with Crippen LogP contribution < -0.4 is 10.2 Å². The predicted molar refractivity (Wildman–Crippen MR) is 181 cm³/mol. The number of halogens is 2. The van der Waals surface area contributed by atoms with Crippen LogP contribution in [-0.2, 0) is 4.79 Å². The zero-order chi connectivity index (χ0) is 33.0. The van der Waals surface area contributed by atoms with Crippen LogP contribution in [0.4, 0.5) is 20.2 Å². The summed E-state index contributed by atoms with van der Waals surface area (Å²) in [6, 6.07) is 29.8. The largest absolute Gasteiger partial charge is 0.338 e. The summed E-state index contributed by atoms with van der Waals surface area (Å²) in [5, 5.41) is 2.90. The normalized spacial score (nSPS) is 17.4. The third-order valence-corrected chi connectivity index (χ3v) is 8.72. The van der Waals surface area contributed by atoms with Crippen molar-refractivity contribution in [2.45, 2.75) is 18.8 Å². The molecular formula is C38H36F2N4O3. The number of nitrogens with zero attached hydrogens (tertiary/aromatic N) is 3. The monoisotopic (exact) mass is 634 g/mol. The highest BCUT2D eigenvalue weighted by atomic mass is 19.3. The van der Waals surface area contributed by atoms with Crippen molar-refractivity contribution in [3.05, 3.63) is 126 Å².